The lowest BCUT2D eigenvalue weighted by atomic mass is 9.66. The number of carbonyl (C=O) groups excluding carboxylic acids is 2. The van der Waals surface area contributed by atoms with Crippen molar-refractivity contribution in [3.63, 3.8) is 0 Å². The lowest BCUT2D eigenvalue weighted by Crippen LogP contribution is -2.43. The molecule has 11 nitrogen and oxygen atoms in total. The summed E-state index contributed by atoms with van der Waals surface area (Å²) in [7, 11) is 0. The van der Waals surface area contributed by atoms with Gasteiger partial charge in [-0.2, -0.15) is 0 Å². The molecule has 0 amide bonds. The Labute approximate surface area is 223 Å². The van der Waals surface area contributed by atoms with Crippen molar-refractivity contribution in [1.82, 2.24) is 0 Å². The molecule has 0 bridgehead atoms. The van der Waals surface area contributed by atoms with Gasteiger partial charge >= 0.3 is 11.9 Å². The highest BCUT2D eigenvalue weighted by atomic mass is 16.9. The molecule has 11 heteroatoms. The van der Waals surface area contributed by atoms with Gasteiger partial charge in [-0.25, -0.2) is 0 Å². The molecule has 0 saturated carbocycles. The van der Waals surface area contributed by atoms with Crippen LogP contribution in [0.3, 0.4) is 0 Å². The minimum atomic E-state index is -1.07. The number of aliphatic hydroxyl groups excluding tert-OH is 3. The van der Waals surface area contributed by atoms with Crippen molar-refractivity contribution in [1.29, 1.82) is 0 Å². The van der Waals surface area contributed by atoms with E-state index in [0.717, 1.165) is 5.57 Å². The number of unbranched alkanes of at least 4 members (excludes halogenated alkanes) is 1. The molecule has 2 rings (SSSR count). The molecule has 1 unspecified atom stereocenters. The number of hydrogen-bond acceptors (Lipinski definition) is 10. The molecule has 0 heterocycles. The van der Waals surface area contributed by atoms with E-state index < -0.39 is 35.5 Å². The van der Waals surface area contributed by atoms with Gasteiger partial charge in [0, 0.05) is 12.3 Å². The highest BCUT2D eigenvalue weighted by Gasteiger charge is 2.42. The largest absolute Gasteiger partial charge is 0.466 e. The highest BCUT2D eigenvalue weighted by molar-refractivity contribution is 5.72. The maximum Gasteiger partial charge on any atom is 0.308 e. The number of allylic oxidation sites excluding steroid dienone is 2. The minimum Gasteiger partial charge on any atom is -0.466 e. The fourth-order valence-electron chi connectivity index (χ4n) is 5.10. The van der Waals surface area contributed by atoms with Crippen LogP contribution in [0.1, 0.15) is 72.1 Å². The summed E-state index contributed by atoms with van der Waals surface area (Å²) in [4.78, 5) is 38.7. The van der Waals surface area contributed by atoms with E-state index in [1.54, 1.807) is 0 Å². The second-order valence-electron chi connectivity index (χ2n) is 10.5. The average Bonchev–Trinajstić information content (AvgIpc) is 2.84. The van der Waals surface area contributed by atoms with E-state index in [1.165, 1.54) is 0 Å². The third-order valence-corrected chi connectivity index (χ3v) is 7.43. The molecule has 8 atom stereocenters. The number of carbonyl (C=O) groups is 2. The maximum absolute atomic E-state index is 12.5. The van der Waals surface area contributed by atoms with Crippen LogP contribution in [0.5, 0.6) is 0 Å². The van der Waals surface area contributed by atoms with E-state index >= 15 is 0 Å². The van der Waals surface area contributed by atoms with Crippen LogP contribution in [0.4, 0.5) is 0 Å². The summed E-state index contributed by atoms with van der Waals surface area (Å²) in [6, 6.07) is 0. The van der Waals surface area contributed by atoms with Crippen LogP contribution in [-0.4, -0.2) is 70.0 Å². The van der Waals surface area contributed by atoms with Crippen LogP contribution in [0.15, 0.2) is 23.8 Å². The molecule has 0 radical (unpaired) electrons. The van der Waals surface area contributed by atoms with Gasteiger partial charge in [0.1, 0.15) is 6.10 Å². The Bertz CT molecular complexity index is 844. The molecule has 0 aromatic heterocycles. The van der Waals surface area contributed by atoms with Gasteiger partial charge in [-0.3, -0.25) is 9.59 Å². The molecule has 0 saturated heterocycles. The fourth-order valence-corrected chi connectivity index (χ4v) is 5.10. The Morgan fingerprint density at radius 2 is 1.92 bits per heavy atom. The number of ether oxygens (including phenoxy) is 2. The van der Waals surface area contributed by atoms with Gasteiger partial charge in [-0.05, 0) is 55.9 Å². The number of nitrogens with zero attached hydrogens (tertiary/aromatic N) is 1. The molecule has 0 aromatic rings. The summed E-state index contributed by atoms with van der Waals surface area (Å²) in [6.07, 6.45) is 5.35. The summed E-state index contributed by atoms with van der Waals surface area (Å²) in [5.41, 5.74) is 0.941. The van der Waals surface area contributed by atoms with E-state index in [2.05, 4.69) is 17.8 Å². The van der Waals surface area contributed by atoms with Gasteiger partial charge in [0.25, 0.3) is 5.09 Å². The Kier molecular flexibility index (Phi) is 13.2. The zero-order chi connectivity index (χ0) is 28.2. The smallest absolute Gasteiger partial charge is 0.308 e. The molecule has 0 aromatic carbocycles. The third kappa shape index (κ3) is 10.3. The normalized spacial score (nSPS) is 26.9. The van der Waals surface area contributed by atoms with E-state index in [9.17, 15) is 35.0 Å². The summed E-state index contributed by atoms with van der Waals surface area (Å²) < 4.78 is 10.9. The molecule has 0 spiro atoms. The molecular weight excluding hydrogens is 498 g/mol. The minimum absolute atomic E-state index is 0.0151. The summed E-state index contributed by atoms with van der Waals surface area (Å²) in [6.45, 7) is 5.82. The number of aliphatic hydroxyl groups is 3. The lowest BCUT2D eigenvalue weighted by Gasteiger charge is -2.43. The Morgan fingerprint density at radius 3 is 2.61 bits per heavy atom. The van der Waals surface area contributed by atoms with E-state index in [0.29, 0.717) is 38.5 Å². The zero-order valence-corrected chi connectivity index (χ0v) is 22.6. The quantitative estimate of drug-likeness (QED) is 0.114. The second kappa shape index (κ2) is 15.8. The van der Waals surface area contributed by atoms with Crippen molar-refractivity contribution in [3.05, 3.63) is 33.9 Å². The van der Waals surface area contributed by atoms with E-state index in [-0.39, 0.29) is 55.7 Å². The second-order valence-corrected chi connectivity index (χ2v) is 10.5. The highest BCUT2D eigenvalue weighted by Crippen LogP contribution is 2.44. The summed E-state index contributed by atoms with van der Waals surface area (Å²) in [5, 5.41) is 40.4. The average molecular weight is 542 g/mol. The van der Waals surface area contributed by atoms with Gasteiger partial charge in [-0.1, -0.05) is 39.0 Å². The fraction of sp³-hybridized carbons (Fsp3) is 0.778. The van der Waals surface area contributed by atoms with Crippen LogP contribution >= 0.6 is 0 Å². The van der Waals surface area contributed by atoms with Crippen LogP contribution in [0.25, 0.3) is 0 Å². The van der Waals surface area contributed by atoms with E-state index in [1.807, 2.05) is 26.0 Å². The van der Waals surface area contributed by atoms with Gasteiger partial charge in [0.2, 0.25) is 0 Å². The number of fused-ring (bicyclic) bond motifs is 1. The Morgan fingerprint density at radius 1 is 1.21 bits per heavy atom. The zero-order valence-electron chi connectivity index (χ0n) is 22.6. The van der Waals surface area contributed by atoms with Gasteiger partial charge in [-0.15, -0.1) is 10.1 Å². The van der Waals surface area contributed by atoms with Crippen LogP contribution < -0.4 is 0 Å². The molecule has 3 N–H and O–H groups in total. The molecule has 2 aliphatic rings. The van der Waals surface area contributed by atoms with E-state index in [4.69, 9.17) is 9.47 Å². The first-order valence-corrected chi connectivity index (χ1v) is 13.6. The number of esters is 2. The van der Waals surface area contributed by atoms with Crippen molar-refractivity contribution in [2.45, 2.75) is 96.6 Å². The first kappa shape index (κ1) is 31.7. The summed E-state index contributed by atoms with van der Waals surface area (Å²) >= 11 is 0. The molecule has 216 valence electrons. The Balaban J connectivity index is 1.84. The van der Waals surface area contributed by atoms with Crippen LogP contribution in [-0.2, 0) is 23.9 Å². The predicted octanol–water partition coefficient (Wildman–Crippen LogP) is 2.89. The summed E-state index contributed by atoms with van der Waals surface area (Å²) in [5.74, 6) is -0.952. The molecule has 38 heavy (non-hydrogen) atoms. The van der Waals surface area contributed by atoms with Gasteiger partial charge in [0.15, 0.2) is 0 Å². The molecule has 0 fully saturated rings. The molecule has 2 aliphatic carbocycles. The predicted molar refractivity (Wildman–Crippen MR) is 137 cm³/mol. The number of rotatable bonds is 16. The monoisotopic (exact) mass is 541 g/mol. The topological polar surface area (TPSA) is 166 Å². The van der Waals surface area contributed by atoms with Crippen LogP contribution in [0.2, 0.25) is 0 Å². The first-order chi connectivity index (χ1) is 18.0. The van der Waals surface area contributed by atoms with Crippen molar-refractivity contribution >= 4 is 11.9 Å². The SMILES string of the molecule is CC[C@H](C)C(=O)O[C@H]1C[C@H](O)C=C2C=C[C@H](C)[C@H](CCC(O)C[C@H](O)CC(=O)OCCCCO[N+](=O)[O-])[C@H]21. The van der Waals surface area contributed by atoms with Gasteiger partial charge in [0.05, 0.1) is 43.9 Å². The Hall–Kier alpha value is -2.50. The van der Waals surface area contributed by atoms with Crippen molar-refractivity contribution < 1.29 is 44.3 Å². The van der Waals surface area contributed by atoms with Crippen molar-refractivity contribution in [2.24, 2.45) is 23.7 Å². The lowest BCUT2D eigenvalue weighted by molar-refractivity contribution is -0.757. The molecule has 0 aliphatic heterocycles. The van der Waals surface area contributed by atoms with Crippen LogP contribution in [0, 0.1) is 33.8 Å². The first-order valence-electron chi connectivity index (χ1n) is 13.6. The third-order valence-electron chi connectivity index (χ3n) is 7.43. The van der Waals surface area contributed by atoms with Gasteiger partial charge < -0.3 is 29.6 Å². The van der Waals surface area contributed by atoms with Crippen molar-refractivity contribution in [3.8, 4) is 0 Å². The van der Waals surface area contributed by atoms with Crippen molar-refractivity contribution in [2.75, 3.05) is 13.2 Å². The maximum atomic E-state index is 12.5. The molecular formula is C27H43NO10. The number of hydrogen-bond donors (Lipinski definition) is 3. The standard InChI is InChI=1S/C27H43NO10/c1-4-17(2)27(33)38-24-15-21(30)13-19-8-7-18(3)23(26(19)24)10-9-20(29)14-22(31)16-25(32)36-11-5-6-12-37-28(34)35/h7-8,13,17-18,20-24,26,29-31H,4-6,9-12,14-16H2,1-3H3/t17-,18-,20?,21+,22-,23-,24-,26-/m0/s1.